The summed E-state index contributed by atoms with van der Waals surface area (Å²) in [6, 6.07) is 7.56. The molecule has 0 unspecified atom stereocenters. The molecule has 2 aliphatic carbocycles. The zero-order valence-corrected chi connectivity index (χ0v) is 31.0. The van der Waals surface area contributed by atoms with E-state index in [2.05, 4.69) is 15.2 Å². The molecule has 7 rings (SSSR count). The van der Waals surface area contributed by atoms with Crippen molar-refractivity contribution in [3.05, 3.63) is 48.2 Å². The van der Waals surface area contributed by atoms with Crippen LogP contribution in [0.3, 0.4) is 0 Å². The van der Waals surface area contributed by atoms with Crippen molar-refractivity contribution in [2.24, 2.45) is 5.92 Å². The van der Waals surface area contributed by atoms with E-state index in [9.17, 15) is 22.8 Å². The number of likely N-dealkylation sites (N-methyl/N-ethyl adjacent to an activating group) is 1. The zero-order chi connectivity index (χ0) is 37.0. The summed E-state index contributed by atoms with van der Waals surface area (Å²) in [4.78, 5) is 49.8. The van der Waals surface area contributed by atoms with Gasteiger partial charge in [-0.1, -0.05) is 31.2 Å². The number of carbonyl (C=O) groups excluding carboxylic acids is 3. The van der Waals surface area contributed by atoms with Gasteiger partial charge in [-0.25, -0.2) is 18.2 Å². The molecule has 0 radical (unpaired) electrons. The van der Waals surface area contributed by atoms with Crippen molar-refractivity contribution in [2.45, 2.75) is 94.1 Å². The molecule has 2 saturated carbocycles. The maximum atomic E-state index is 14.2. The number of nitrogens with one attached hydrogen (secondary N) is 2. The van der Waals surface area contributed by atoms with Gasteiger partial charge in [0.05, 0.1) is 29.6 Å². The van der Waals surface area contributed by atoms with Crippen LogP contribution in [0.1, 0.15) is 77.4 Å². The summed E-state index contributed by atoms with van der Waals surface area (Å²) in [5.74, 6) is 0.536. The van der Waals surface area contributed by atoms with Gasteiger partial charge in [-0.15, -0.1) is 0 Å². The molecule has 3 aromatic rings. The van der Waals surface area contributed by atoms with Crippen LogP contribution in [0.25, 0.3) is 22.3 Å². The minimum absolute atomic E-state index is 0.0431. The molecule has 4 atom stereocenters. The molecule has 1 aromatic carbocycles. The molecule has 14 nitrogen and oxygen atoms in total. The van der Waals surface area contributed by atoms with Crippen molar-refractivity contribution in [1.29, 1.82) is 0 Å². The Bertz CT molecular complexity index is 2040. The summed E-state index contributed by atoms with van der Waals surface area (Å²) in [5.41, 5.74) is 0.192. The predicted octanol–water partition coefficient (Wildman–Crippen LogP) is 4.51. The van der Waals surface area contributed by atoms with E-state index in [1.54, 1.807) is 44.2 Å². The molecule has 0 bridgehead atoms. The third-order valence-corrected chi connectivity index (χ3v) is 13.0. The summed E-state index contributed by atoms with van der Waals surface area (Å²) in [7, 11) is -0.643. The number of benzene rings is 1. The largest absolute Gasteiger partial charge is 0.497 e. The van der Waals surface area contributed by atoms with E-state index in [1.165, 1.54) is 4.90 Å². The molecule has 1 saturated heterocycles. The lowest BCUT2D eigenvalue weighted by atomic mass is 10.1. The number of aromatic nitrogens is 2. The second-order valence-electron chi connectivity index (χ2n) is 15.1. The quantitative estimate of drug-likeness (QED) is 0.314. The molecule has 4 aliphatic rings. The molecule has 3 fully saturated rings. The van der Waals surface area contributed by atoms with Crippen molar-refractivity contribution in [3.8, 4) is 22.9 Å². The highest BCUT2D eigenvalue weighted by atomic mass is 32.2. The highest BCUT2D eigenvalue weighted by Crippen LogP contribution is 2.47. The van der Waals surface area contributed by atoms with E-state index >= 15 is 0 Å². The maximum Gasteiger partial charge on any atom is 0.319 e. The third-order valence-electron chi connectivity index (χ3n) is 10.9. The minimum Gasteiger partial charge on any atom is -0.497 e. The number of urea groups is 1. The van der Waals surface area contributed by atoms with Crippen LogP contribution < -0.4 is 19.5 Å². The van der Waals surface area contributed by atoms with Crippen LogP contribution in [0.15, 0.2) is 47.0 Å². The molecule has 15 heteroatoms. The number of ether oxygens (including phenoxy) is 2. The summed E-state index contributed by atoms with van der Waals surface area (Å²) in [6.45, 7) is 6.18. The Morgan fingerprint density at radius 3 is 2.63 bits per heavy atom. The van der Waals surface area contributed by atoms with Crippen LogP contribution in [0.5, 0.6) is 11.5 Å². The normalized spacial score (nSPS) is 26.6. The van der Waals surface area contributed by atoms with Crippen molar-refractivity contribution in [3.63, 3.8) is 0 Å². The highest BCUT2D eigenvalue weighted by molar-refractivity contribution is 7.91. The average molecular weight is 735 g/mol. The molecule has 52 heavy (non-hydrogen) atoms. The zero-order valence-electron chi connectivity index (χ0n) is 30.2. The van der Waals surface area contributed by atoms with Gasteiger partial charge in [-0.3, -0.25) is 14.3 Å². The van der Waals surface area contributed by atoms with Gasteiger partial charge in [0, 0.05) is 55.4 Å². The number of allylic oxidation sites excluding steroid dienone is 1. The summed E-state index contributed by atoms with van der Waals surface area (Å²) in [6.07, 6.45) is 6.92. The second kappa shape index (κ2) is 13.4. The maximum absolute atomic E-state index is 14.2. The van der Waals surface area contributed by atoms with Gasteiger partial charge >= 0.3 is 6.03 Å². The van der Waals surface area contributed by atoms with E-state index < -0.39 is 44.4 Å². The number of sulfonamides is 1. The Balaban J connectivity index is 1.19. The molecule has 2 N–H and O–H groups in total. The lowest BCUT2D eigenvalue weighted by molar-refractivity contribution is -0.134. The van der Waals surface area contributed by atoms with E-state index in [4.69, 9.17) is 19.0 Å². The summed E-state index contributed by atoms with van der Waals surface area (Å²) >= 11 is 0. The van der Waals surface area contributed by atoms with Gasteiger partial charge in [-0.2, -0.15) is 0 Å². The number of carbonyl (C=O) groups is 3. The molecule has 0 spiro atoms. The standard InChI is InChI=1S/C37H46N6O8S/c1-22(2)31-19-29(40-51-31)28-18-32(26-12-11-24(49-5)16-27(26)38-28)50-25-17-30-33(44)42(4)15-9-7-6-8-10-23-20-37(23,39-35(46)43(30)21-25)34(45)41-52(47,48)36(3)13-14-36/h8,10-12,16,18-19,22-23,25,30H,6-7,9,13-15,17,20-21H2,1-5H3,(H,39,46)(H,41,45)/b10-8-/t23-,25+,30+,37-/m1/s1. The molecular weight excluding hydrogens is 689 g/mol. The Hall–Kier alpha value is -4.66. The monoisotopic (exact) mass is 734 g/mol. The van der Waals surface area contributed by atoms with Crippen LogP contribution in [-0.4, -0.2) is 95.9 Å². The number of pyridine rings is 1. The SMILES string of the molecule is COc1ccc2c(O[C@H]3C[C@H]4C(=O)N(C)CCCC/C=C\[C@@H]5C[C@@]5(C(=O)NS(=O)(=O)C5(C)CC5)NC(=O)N4C3)cc(-c3cc(C(C)C)on3)nc2c1. The Morgan fingerprint density at radius 2 is 1.92 bits per heavy atom. The van der Waals surface area contributed by atoms with Gasteiger partial charge < -0.3 is 29.1 Å². The highest BCUT2D eigenvalue weighted by Gasteiger charge is 2.63. The number of hydrogen-bond acceptors (Lipinski definition) is 10. The van der Waals surface area contributed by atoms with Crippen LogP contribution in [0.4, 0.5) is 4.79 Å². The lowest BCUT2D eigenvalue weighted by Crippen LogP contribution is -2.58. The fourth-order valence-corrected chi connectivity index (χ4v) is 8.31. The van der Waals surface area contributed by atoms with Gasteiger partial charge in [0.25, 0.3) is 5.91 Å². The third kappa shape index (κ3) is 6.70. The smallest absolute Gasteiger partial charge is 0.319 e. The molecule has 2 aliphatic heterocycles. The first-order valence-corrected chi connectivity index (χ1v) is 19.4. The number of hydrogen-bond donors (Lipinski definition) is 2. The van der Waals surface area contributed by atoms with Crippen LogP contribution in [0, 0.1) is 5.92 Å². The van der Waals surface area contributed by atoms with E-state index in [-0.39, 0.29) is 37.1 Å². The second-order valence-corrected chi connectivity index (χ2v) is 17.3. The van der Waals surface area contributed by atoms with E-state index in [0.717, 1.165) is 19.3 Å². The first kappa shape index (κ1) is 35.7. The van der Waals surface area contributed by atoms with Crippen LogP contribution >= 0.6 is 0 Å². The molecule has 278 valence electrons. The molecule has 4 heterocycles. The summed E-state index contributed by atoms with van der Waals surface area (Å²) in [5, 5.41) is 7.83. The van der Waals surface area contributed by atoms with Gasteiger partial charge in [0.15, 0.2) is 0 Å². The molecule has 4 amide bonds. The first-order chi connectivity index (χ1) is 24.7. The minimum atomic E-state index is -3.94. The number of rotatable bonds is 8. The topological polar surface area (TPSA) is 173 Å². The fourth-order valence-electron chi connectivity index (χ4n) is 7.00. The fraction of sp³-hybridized carbons (Fsp3) is 0.541. The number of nitrogens with zero attached hydrogens (tertiary/aromatic N) is 4. The van der Waals surface area contributed by atoms with Crippen molar-refractivity contribution >= 4 is 38.8 Å². The first-order valence-electron chi connectivity index (χ1n) is 17.9. The molecular formula is C37H46N6O8S. The Morgan fingerprint density at radius 1 is 1.13 bits per heavy atom. The van der Waals surface area contributed by atoms with Crippen LogP contribution in [-0.2, 0) is 19.6 Å². The number of fused-ring (bicyclic) bond motifs is 3. The van der Waals surface area contributed by atoms with Crippen LogP contribution in [0.2, 0.25) is 0 Å². The lowest BCUT2D eigenvalue weighted by Gasteiger charge is -2.30. The molecule has 2 aromatic heterocycles. The average Bonchev–Trinajstić information content (AvgIpc) is 3.88. The Labute approximate surface area is 303 Å². The van der Waals surface area contributed by atoms with Gasteiger partial charge in [0.1, 0.15) is 40.6 Å². The van der Waals surface area contributed by atoms with Crippen molar-refractivity contribution < 1.29 is 36.8 Å². The van der Waals surface area contributed by atoms with Crippen molar-refractivity contribution in [1.82, 2.24) is 30.0 Å². The number of methoxy groups -OCH3 is 1. The van der Waals surface area contributed by atoms with Crippen molar-refractivity contribution in [2.75, 3.05) is 27.2 Å². The predicted molar refractivity (Wildman–Crippen MR) is 192 cm³/mol. The number of amides is 4. The summed E-state index contributed by atoms with van der Waals surface area (Å²) < 4.78 is 45.1. The Kier molecular flexibility index (Phi) is 9.20. The van der Waals surface area contributed by atoms with E-state index in [1.807, 2.05) is 38.1 Å². The van der Waals surface area contributed by atoms with Gasteiger partial charge in [0.2, 0.25) is 15.9 Å². The van der Waals surface area contributed by atoms with Gasteiger partial charge in [-0.05, 0) is 57.6 Å². The van der Waals surface area contributed by atoms with E-state index in [0.29, 0.717) is 58.9 Å².